The summed E-state index contributed by atoms with van der Waals surface area (Å²) in [5.41, 5.74) is 0.762. The first-order valence-corrected chi connectivity index (χ1v) is 7.41. The van der Waals surface area contributed by atoms with Crippen molar-refractivity contribution in [2.75, 3.05) is 0 Å². The molecule has 3 N–H and O–H groups in total. The van der Waals surface area contributed by atoms with Gasteiger partial charge in [-0.25, -0.2) is 9.89 Å². The molecule has 4 atom stereocenters. The van der Waals surface area contributed by atoms with Crippen LogP contribution in [0.25, 0.3) is 0 Å². The van der Waals surface area contributed by atoms with Crippen LogP contribution in [0.4, 0.5) is 0 Å². The Bertz CT molecular complexity index is 777. The van der Waals surface area contributed by atoms with Crippen molar-refractivity contribution < 1.29 is 4.79 Å². The zero-order valence-electron chi connectivity index (χ0n) is 11.8. The van der Waals surface area contributed by atoms with Crippen LogP contribution >= 0.6 is 0 Å². The largest absolute Gasteiger partial charge is 0.345 e. The fourth-order valence-corrected chi connectivity index (χ4v) is 3.75. The van der Waals surface area contributed by atoms with Gasteiger partial charge in [-0.05, 0) is 23.8 Å². The van der Waals surface area contributed by atoms with Crippen LogP contribution in [0.1, 0.15) is 28.5 Å². The molecule has 1 saturated carbocycles. The van der Waals surface area contributed by atoms with Gasteiger partial charge < -0.3 is 5.32 Å². The highest BCUT2D eigenvalue weighted by Gasteiger charge is 2.45. The summed E-state index contributed by atoms with van der Waals surface area (Å²) >= 11 is 0. The molecule has 112 valence electrons. The van der Waals surface area contributed by atoms with Crippen molar-refractivity contribution in [1.29, 1.82) is 0 Å². The van der Waals surface area contributed by atoms with Gasteiger partial charge in [-0.3, -0.25) is 9.78 Å². The summed E-state index contributed by atoms with van der Waals surface area (Å²) in [6.45, 7) is 0. The van der Waals surface area contributed by atoms with Gasteiger partial charge >= 0.3 is 5.69 Å². The molecule has 6 heteroatoms. The number of benzene rings is 1. The fourth-order valence-electron chi connectivity index (χ4n) is 3.75. The van der Waals surface area contributed by atoms with Gasteiger partial charge in [0.15, 0.2) is 0 Å². The highest BCUT2D eigenvalue weighted by atomic mass is 16.2. The van der Waals surface area contributed by atoms with Crippen LogP contribution < -0.4 is 11.0 Å². The van der Waals surface area contributed by atoms with E-state index in [1.54, 1.807) is 0 Å². The number of amides is 1. The lowest BCUT2D eigenvalue weighted by atomic mass is 9.83. The topological polar surface area (TPSA) is 90.6 Å². The minimum atomic E-state index is -0.474. The van der Waals surface area contributed by atoms with E-state index >= 15 is 0 Å². The first-order chi connectivity index (χ1) is 10.7. The number of aromatic nitrogens is 3. The Morgan fingerprint density at radius 1 is 1.18 bits per heavy atom. The number of fused-ring (bicyclic) bond motifs is 2. The molecule has 2 aliphatic rings. The lowest BCUT2D eigenvalue weighted by molar-refractivity contribution is 0.0916. The number of carbonyl (C=O) groups is 1. The summed E-state index contributed by atoms with van der Waals surface area (Å²) in [4.78, 5) is 25.8. The van der Waals surface area contributed by atoms with Gasteiger partial charge in [0.1, 0.15) is 0 Å². The molecule has 1 heterocycles. The van der Waals surface area contributed by atoms with Crippen molar-refractivity contribution in [3.05, 3.63) is 64.4 Å². The van der Waals surface area contributed by atoms with E-state index in [1.807, 2.05) is 18.2 Å². The number of rotatable bonds is 3. The minimum Gasteiger partial charge on any atom is -0.345 e. The molecule has 0 unspecified atom stereocenters. The molecule has 6 nitrogen and oxygen atoms in total. The van der Waals surface area contributed by atoms with E-state index in [-0.39, 0.29) is 23.7 Å². The lowest BCUT2D eigenvalue weighted by Gasteiger charge is -2.29. The Morgan fingerprint density at radius 2 is 1.95 bits per heavy atom. The fraction of sp³-hybridized carbons (Fsp3) is 0.312. The second kappa shape index (κ2) is 4.98. The number of hydrogen-bond acceptors (Lipinski definition) is 3. The Labute approximate surface area is 126 Å². The predicted octanol–water partition coefficient (Wildman–Crippen LogP) is 1.19. The molecule has 22 heavy (non-hydrogen) atoms. The smallest absolute Gasteiger partial charge is 0.341 e. The molecule has 1 aromatic carbocycles. The van der Waals surface area contributed by atoms with E-state index in [2.05, 4.69) is 44.8 Å². The standard InChI is InChI=1S/C16H16N4O2/c21-15(14-18-16(22)20-19-14)17-13-11-7-6-10(8-11)12(13)9-4-2-1-3-5-9/h1-7,10-13H,8H2,(H,17,21)(H2,18,19,20,22)/t10-,11+,12+,13+/m1/s1. The molecule has 1 aromatic heterocycles. The second-order valence-corrected chi connectivity index (χ2v) is 5.91. The molecule has 1 fully saturated rings. The SMILES string of the molecule is O=C(N[C@@H]1[C@@H](c2ccccc2)[C@@H]2C=C[C@H]1C2)c1n[nH]c(=O)[nH]1. The number of nitrogens with zero attached hydrogens (tertiary/aromatic N) is 1. The van der Waals surface area contributed by atoms with E-state index in [9.17, 15) is 9.59 Å². The highest BCUT2D eigenvalue weighted by Crippen LogP contribution is 2.48. The van der Waals surface area contributed by atoms with Gasteiger partial charge in [-0.2, -0.15) is 0 Å². The number of aromatic amines is 2. The van der Waals surface area contributed by atoms with E-state index in [1.165, 1.54) is 5.56 Å². The maximum absolute atomic E-state index is 12.3. The molecule has 0 saturated heterocycles. The maximum Gasteiger partial charge on any atom is 0.341 e. The number of allylic oxidation sites excluding steroid dienone is 1. The Hall–Kier alpha value is -2.63. The van der Waals surface area contributed by atoms with Crippen LogP contribution in [0.5, 0.6) is 0 Å². The van der Waals surface area contributed by atoms with Gasteiger partial charge in [0.25, 0.3) is 5.91 Å². The molecule has 2 aromatic rings. The van der Waals surface area contributed by atoms with Crippen LogP contribution in [0.2, 0.25) is 0 Å². The molecule has 0 aliphatic heterocycles. The summed E-state index contributed by atoms with van der Waals surface area (Å²) in [6, 6.07) is 10.3. The minimum absolute atomic E-state index is 0.0311. The molecular formula is C16H16N4O2. The van der Waals surface area contributed by atoms with Gasteiger partial charge in [-0.15, -0.1) is 5.10 Å². The van der Waals surface area contributed by atoms with Crippen LogP contribution in [-0.2, 0) is 0 Å². The monoisotopic (exact) mass is 296 g/mol. The maximum atomic E-state index is 12.3. The van der Waals surface area contributed by atoms with E-state index in [0.717, 1.165) is 6.42 Å². The van der Waals surface area contributed by atoms with Crippen molar-refractivity contribution in [3.63, 3.8) is 0 Å². The van der Waals surface area contributed by atoms with Crippen molar-refractivity contribution in [2.45, 2.75) is 18.4 Å². The highest BCUT2D eigenvalue weighted by molar-refractivity contribution is 5.90. The van der Waals surface area contributed by atoms with Crippen molar-refractivity contribution in [1.82, 2.24) is 20.5 Å². The average Bonchev–Trinajstić information content (AvgIpc) is 3.24. The van der Waals surface area contributed by atoms with Gasteiger partial charge in [0, 0.05) is 12.0 Å². The summed E-state index contributed by atoms with van der Waals surface area (Å²) in [5, 5.41) is 8.96. The first-order valence-electron chi connectivity index (χ1n) is 7.41. The van der Waals surface area contributed by atoms with Crippen LogP contribution in [0, 0.1) is 11.8 Å². The summed E-state index contributed by atoms with van der Waals surface area (Å²) < 4.78 is 0. The molecule has 0 spiro atoms. The quantitative estimate of drug-likeness (QED) is 0.743. The predicted molar refractivity (Wildman–Crippen MR) is 80.4 cm³/mol. The number of nitrogens with one attached hydrogen (secondary N) is 3. The van der Waals surface area contributed by atoms with Crippen molar-refractivity contribution >= 4 is 5.91 Å². The normalized spacial score (nSPS) is 28.9. The van der Waals surface area contributed by atoms with Crippen LogP contribution in [-0.4, -0.2) is 27.1 Å². The number of carbonyl (C=O) groups excluding carboxylic acids is 1. The zero-order chi connectivity index (χ0) is 15.1. The molecule has 1 amide bonds. The molecule has 0 radical (unpaired) electrons. The van der Waals surface area contributed by atoms with Gasteiger partial charge in [0.05, 0.1) is 0 Å². The molecular weight excluding hydrogens is 280 g/mol. The van der Waals surface area contributed by atoms with Crippen LogP contribution in [0.15, 0.2) is 47.3 Å². The lowest BCUT2D eigenvalue weighted by Crippen LogP contribution is -2.42. The second-order valence-electron chi connectivity index (χ2n) is 5.91. The Balaban J connectivity index is 1.61. The van der Waals surface area contributed by atoms with E-state index < -0.39 is 5.69 Å². The third kappa shape index (κ3) is 2.07. The van der Waals surface area contributed by atoms with Gasteiger partial charge in [0.2, 0.25) is 5.82 Å². The molecule has 2 bridgehead atoms. The van der Waals surface area contributed by atoms with Crippen LogP contribution in [0.3, 0.4) is 0 Å². The average molecular weight is 296 g/mol. The zero-order valence-corrected chi connectivity index (χ0v) is 11.8. The summed E-state index contributed by atoms with van der Waals surface area (Å²) in [7, 11) is 0. The molecule has 2 aliphatic carbocycles. The molecule has 4 rings (SSSR count). The summed E-state index contributed by atoms with van der Waals surface area (Å²) in [6.07, 6.45) is 5.49. The number of H-pyrrole nitrogens is 2. The number of hydrogen-bond donors (Lipinski definition) is 3. The first kappa shape index (κ1) is 13.1. The summed E-state index contributed by atoms with van der Waals surface area (Å²) in [5.74, 6) is 0.750. The van der Waals surface area contributed by atoms with Crippen molar-refractivity contribution in [2.24, 2.45) is 11.8 Å². The third-order valence-electron chi connectivity index (χ3n) is 4.66. The van der Waals surface area contributed by atoms with Gasteiger partial charge in [-0.1, -0.05) is 42.5 Å². The Morgan fingerprint density at radius 3 is 2.68 bits per heavy atom. The van der Waals surface area contributed by atoms with E-state index in [0.29, 0.717) is 11.8 Å². The van der Waals surface area contributed by atoms with E-state index in [4.69, 9.17) is 0 Å². The van der Waals surface area contributed by atoms with Crippen molar-refractivity contribution in [3.8, 4) is 0 Å². The third-order valence-corrected chi connectivity index (χ3v) is 4.66. The Kier molecular flexibility index (Phi) is 2.96.